The van der Waals surface area contributed by atoms with Gasteiger partial charge in [-0.1, -0.05) is 126 Å². The van der Waals surface area contributed by atoms with E-state index in [4.69, 9.17) is 18.9 Å². The van der Waals surface area contributed by atoms with E-state index in [1.54, 1.807) is 0 Å². The maximum absolute atomic E-state index is 13.6. The second kappa shape index (κ2) is 22.5. The van der Waals surface area contributed by atoms with E-state index in [-0.39, 0.29) is 13.2 Å². The van der Waals surface area contributed by atoms with Gasteiger partial charge < -0.3 is 29.6 Å². The fourth-order valence-corrected chi connectivity index (χ4v) is 9.32. The molecule has 0 amide bonds. The van der Waals surface area contributed by atoms with Crippen LogP contribution < -0.4 is 20.1 Å². The number of hydrogen-bond acceptors (Lipinski definition) is 8. The van der Waals surface area contributed by atoms with Gasteiger partial charge in [0.05, 0.1) is 0 Å². The number of carbonyl (C=O) groups is 2. The number of nitrogens with one attached hydrogen (secondary N) is 2. The summed E-state index contributed by atoms with van der Waals surface area (Å²) in [7, 11) is 0. The highest BCUT2D eigenvalue weighted by Gasteiger charge is 2.29. The van der Waals surface area contributed by atoms with E-state index in [1.165, 1.54) is 127 Å². The fourth-order valence-electron chi connectivity index (χ4n) is 9.32. The van der Waals surface area contributed by atoms with Crippen LogP contribution >= 0.6 is 0 Å². The lowest BCUT2D eigenvalue weighted by atomic mass is 9.96. The minimum Gasteiger partial charge on any atom is -0.489 e. The highest BCUT2D eigenvalue weighted by atomic mass is 16.6. The Bertz CT molecular complexity index is 1280. The molecule has 298 valence electrons. The first-order chi connectivity index (χ1) is 26.6. The van der Waals surface area contributed by atoms with Gasteiger partial charge in [-0.3, -0.25) is 0 Å². The largest absolute Gasteiger partial charge is 0.489 e. The summed E-state index contributed by atoms with van der Waals surface area (Å²) in [4.78, 5) is 27.2. The molecular formula is C46H68N2O6. The number of ether oxygens (including phenoxy) is 4. The third-order valence-electron chi connectivity index (χ3n) is 12.5. The summed E-state index contributed by atoms with van der Waals surface area (Å²) in [5.41, 5.74) is 2.45. The van der Waals surface area contributed by atoms with Crippen LogP contribution in [0, 0.1) is 0 Å². The first-order valence-corrected chi connectivity index (χ1v) is 21.9. The Morgan fingerprint density at radius 3 is 1.20 bits per heavy atom. The van der Waals surface area contributed by atoms with Crippen molar-refractivity contribution < 1.29 is 28.5 Å². The fraction of sp³-hybridized carbons (Fsp3) is 0.696. The van der Waals surface area contributed by atoms with Gasteiger partial charge >= 0.3 is 11.9 Å². The molecule has 2 unspecified atom stereocenters. The minimum absolute atomic E-state index is 0.163. The predicted octanol–water partition coefficient (Wildman–Crippen LogP) is 9.69. The normalized spacial score (nSPS) is 21.0. The number of hydrogen-bond donors (Lipinski definition) is 2. The molecule has 8 heteroatoms. The van der Waals surface area contributed by atoms with Crippen molar-refractivity contribution in [2.24, 2.45) is 0 Å². The molecule has 6 rings (SSSR count). The summed E-state index contributed by atoms with van der Waals surface area (Å²) >= 11 is 0. The van der Waals surface area contributed by atoms with Crippen molar-refractivity contribution in [2.45, 2.75) is 177 Å². The van der Waals surface area contributed by atoms with Crippen LogP contribution in [0.5, 0.6) is 11.5 Å². The van der Waals surface area contributed by atoms with Crippen molar-refractivity contribution >= 4 is 11.9 Å². The van der Waals surface area contributed by atoms with Crippen LogP contribution in [0.3, 0.4) is 0 Å². The smallest absolute Gasteiger partial charge is 0.417 e. The Hall–Kier alpha value is -3.10. The third kappa shape index (κ3) is 13.0. The van der Waals surface area contributed by atoms with Crippen LogP contribution in [0.2, 0.25) is 0 Å². The third-order valence-corrected chi connectivity index (χ3v) is 12.5. The van der Waals surface area contributed by atoms with E-state index in [2.05, 4.69) is 34.9 Å². The van der Waals surface area contributed by atoms with Crippen molar-refractivity contribution in [2.75, 3.05) is 26.3 Å². The van der Waals surface area contributed by atoms with Crippen LogP contribution in [-0.2, 0) is 19.1 Å². The quantitative estimate of drug-likeness (QED) is 0.130. The van der Waals surface area contributed by atoms with Gasteiger partial charge in [-0.15, -0.1) is 0 Å². The molecule has 4 aliphatic rings. The Labute approximate surface area is 325 Å². The molecule has 54 heavy (non-hydrogen) atoms. The first-order valence-electron chi connectivity index (χ1n) is 21.9. The van der Waals surface area contributed by atoms with E-state index in [1.807, 2.05) is 24.3 Å². The second-order valence-electron chi connectivity index (χ2n) is 16.6. The molecule has 2 aromatic carbocycles. The molecule has 0 spiro atoms. The topological polar surface area (TPSA) is 95.1 Å². The maximum Gasteiger partial charge on any atom is 0.417 e. The average Bonchev–Trinajstić information content (AvgIpc) is 3.91. The molecule has 4 fully saturated rings. The van der Waals surface area contributed by atoms with Crippen LogP contribution in [0.4, 0.5) is 0 Å². The van der Waals surface area contributed by atoms with Gasteiger partial charge in [-0.25, -0.2) is 9.59 Å². The number of carbonyl (C=O) groups excluding carboxylic acids is 2. The summed E-state index contributed by atoms with van der Waals surface area (Å²) in [5.74, 6) is 0.712. The lowest BCUT2D eigenvalue weighted by Crippen LogP contribution is -2.44. The molecular weight excluding hydrogens is 677 g/mol. The van der Waals surface area contributed by atoms with Gasteiger partial charge in [-0.2, -0.15) is 0 Å². The molecule has 2 aromatic rings. The number of esters is 2. The number of benzene rings is 2. The van der Waals surface area contributed by atoms with Crippen LogP contribution in [0.15, 0.2) is 48.5 Å². The highest BCUT2D eigenvalue weighted by Crippen LogP contribution is 2.39. The van der Waals surface area contributed by atoms with E-state index in [0.29, 0.717) is 37.0 Å². The highest BCUT2D eigenvalue weighted by molar-refractivity contribution is 6.29. The SMILES string of the molecule is O=C(OC(CNC1CCCCCCC1)COc1ccccc1C1CCCC1)C(=O)OC(CNC1CCCCCCC1)COc1ccccc1C1CCCC1. The van der Waals surface area contributed by atoms with Crippen molar-refractivity contribution in [3.05, 3.63) is 59.7 Å². The van der Waals surface area contributed by atoms with Crippen molar-refractivity contribution in [1.82, 2.24) is 10.6 Å². The van der Waals surface area contributed by atoms with Gasteiger partial charge in [-0.05, 0) is 86.5 Å². The van der Waals surface area contributed by atoms with E-state index < -0.39 is 24.1 Å². The maximum atomic E-state index is 13.6. The Balaban J connectivity index is 1.10. The van der Waals surface area contributed by atoms with Crippen LogP contribution in [0.1, 0.15) is 164 Å². The molecule has 2 atom stereocenters. The zero-order valence-electron chi connectivity index (χ0n) is 32.9. The monoisotopic (exact) mass is 745 g/mol. The zero-order chi connectivity index (χ0) is 37.2. The van der Waals surface area contributed by atoms with Gasteiger partial charge in [0, 0.05) is 25.2 Å². The van der Waals surface area contributed by atoms with Crippen molar-refractivity contribution in [1.29, 1.82) is 0 Å². The molecule has 0 saturated heterocycles. The van der Waals surface area contributed by atoms with Gasteiger partial charge in [0.1, 0.15) is 36.9 Å². The lowest BCUT2D eigenvalue weighted by molar-refractivity contribution is -0.175. The Morgan fingerprint density at radius 1 is 0.481 bits per heavy atom. The van der Waals surface area contributed by atoms with Crippen molar-refractivity contribution in [3.8, 4) is 11.5 Å². The van der Waals surface area contributed by atoms with E-state index >= 15 is 0 Å². The molecule has 0 bridgehead atoms. The Morgan fingerprint density at radius 2 is 0.815 bits per heavy atom. The zero-order valence-corrected chi connectivity index (χ0v) is 32.9. The summed E-state index contributed by atoms with van der Waals surface area (Å²) in [5, 5.41) is 7.35. The standard InChI is InChI=1S/C46H68N2O6/c49-45(53-39(31-47-37-23-7-3-1-4-8-24-37)33-51-43-29-17-15-27-41(43)35-19-11-12-20-35)46(50)54-40(32-48-38-25-9-5-2-6-10-26-38)34-52-44-30-18-16-28-42(44)36-21-13-14-22-36/h15-18,27-30,35-40,47-48H,1-14,19-26,31-34H2. The van der Waals surface area contributed by atoms with Gasteiger partial charge in [0.2, 0.25) is 0 Å². The lowest BCUT2D eigenvalue weighted by Gasteiger charge is -2.26. The average molecular weight is 745 g/mol. The Kier molecular flexibility index (Phi) is 16.9. The van der Waals surface area contributed by atoms with Crippen LogP contribution in [-0.4, -0.2) is 62.5 Å². The molecule has 2 N–H and O–H groups in total. The minimum atomic E-state index is -0.977. The number of para-hydroxylation sites is 2. The second-order valence-corrected chi connectivity index (χ2v) is 16.6. The molecule has 4 saturated carbocycles. The van der Waals surface area contributed by atoms with Gasteiger partial charge in [0.15, 0.2) is 0 Å². The molecule has 0 aromatic heterocycles. The molecule has 0 radical (unpaired) electrons. The molecule has 4 aliphatic carbocycles. The summed E-state index contributed by atoms with van der Waals surface area (Å²) in [6, 6.07) is 17.2. The van der Waals surface area contributed by atoms with E-state index in [0.717, 1.165) is 37.2 Å². The van der Waals surface area contributed by atoms with Crippen LogP contribution in [0.25, 0.3) is 0 Å². The van der Waals surface area contributed by atoms with E-state index in [9.17, 15) is 9.59 Å². The predicted molar refractivity (Wildman–Crippen MR) is 214 cm³/mol. The van der Waals surface area contributed by atoms with Gasteiger partial charge in [0.25, 0.3) is 0 Å². The molecule has 8 nitrogen and oxygen atoms in total. The molecule has 0 aliphatic heterocycles. The van der Waals surface area contributed by atoms with Crippen molar-refractivity contribution in [3.63, 3.8) is 0 Å². The number of rotatable bonds is 16. The summed E-state index contributed by atoms with van der Waals surface area (Å²) in [6.07, 6.45) is 25.2. The summed E-state index contributed by atoms with van der Waals surface area (Å²) < 4.78 is 24.8. The summed E-state index contributed by atoms with van der Waals surface area (Å²) in [6.45, 7) is 1.17. The molecule has 0 heterocycles. The first kappa shape index (κ1) is 40.6.